The van der Waals surface area contributed by atoms with Crippen molar-refractivity contribution in [3.05, 3.63) is 51.7 Å². The van der Waals surface area contributed by atoms with Crippen LogP contribution in [0.25, 0.3) is 10.2 Å². The van der Waals surface area contributed by atoms with E-state index in [1.165, 1.54) is 17.4 Å². The van der Waals surface area contributed by atoms with Gasteiger partial charge >= 0.3 is 0 Å². The molecular weight excluding hydrogens is 407 g/mol. The normalized spacial score (nSPS) is 10.7. The highest BCUT2D eigenvalue weighted by Gasteiger charge is 2.11. The third-order valence-corrected chi connectivity index (χ3v) is 4.66. The van der Waals surface area contributed by atoms with Gasteiger partial charge in [-0.2, -0.15) is 0 Å². The van der Waals surface area contributed by atoms with Gasteiger partial charge in [0.2, 0.25) is 0 Å². The Kier molecular flexibility index (Phi) is 4.79. The summed E-state index contributed by atoms with van der Waals surface area (Å²) >= 11 is 10.3. The van der Waals surface area contributed by atoms with E-state index in [4.69, 9.17) is 16.3 Å². The highest BCUT2D eigenvalue weighted by molar-refractivity contribution is 9.10. The molecule has 0 radical (unpaired) electrons. The largest absolute Gasteiger partial charge is 0.483 e. The molecule has 0 fully saturated rings. The lowest BCUT2D eigenvalue weighted by Gasteiger charge is -2.07. The van der Waals surface area contributed by atoms with E-state index in [0.717, 1.165) is 0 Å². The zero-order valence-electron chi connectivity index (χ0n) is 11.5. The number of ether oxygens (including phenoxy) is 1. The molecule has 0 unspecified atom stereocenters. The Labute approximate surface area is 148 Å². The number of para-hydroxylation sites is 1. The molecule has 8 heteroatoms. The van der Waals surface area contributed by atoms with Gasteiger partial charge in [0, 0.05) is 5.02 Å². The Morgan fingerprint density at radius 3 is 2.96 bits per heavy atom. The number of amides is 1. The van der Waals surface area contributed by atoms with Crippen molar-refractivity contribution in [2.45, 2.75) is 0 Å². The van der Waals surface area contributed by atoms with Crippen molar-refractivity contribution in [3.63, 3.8) is 0 Å². The summed E-state index contributed by atoms with van der Waals surface area (Å²) in [6.45, 7) is -0.196. The van der Waals surface area contributed by atoms with Crippen LogP contribution < -0.4 is 10.1 Å². The number of thiazole rings is 1. The molecule has 3 rings (SSSR count). The maximum Gasteiger partial charge on any atom is 0.264 e. The van der Waals surface area contributed by atoms with Crippen LogP contribution in [0.15, 0.2) is 40.9 Å². The third-order valence-electron chi connectivity index (χ3n) is 2.87. The fourth-order valence-corrected chi connectivity index (χ4v) is 3.55. The quantitative estimate of drug-likeness (QED) is 0.661. The molecule has 0 bridgehead atoms. The number of hydrogen-bond acceptors (Lipinski definition) is 4. The molecule has 0 saturated heterocycles. The summed E-state index contributed by atoms with van der Waals surface area (Å²) in [5.41, 5.74) is 0.245. The van der Waals surface area contributed by atoms with E-state index in [0.29, 0.717) is 25.1 Å². The number of anilines is 1. The lowest BCUT2D eigenvalue weighted by molar-refractivity contribution is -0.118. The van der Waals surface area contributed by atoms with Crippen molar-refractivity contribution in [2.75, 3.05) is 11.9 Å². The molecule has 1 heterocycles. The summed E-state index contributed by atoms with van der Waals surface area (Å²) < 4.78 is 20.3. The summed E-state index contributed by atoms with van der Waals surface area (Å²) in [5.74, 6) is -0.299. The van der Waals surface area contributed by atoms with Crippen LogP contribution >= 0.6 is 38.9 Å². The number of rotatable bonds is 4. The van der Waals surface area contributed by atoms with Gasteiger partial charge in [-0.15, -0.1) is 0 Å². The zero-order valence-corrected chi connectivity index (χ0v) is 14.6. The van der Waals surface area contributed by atoms with E-state index in [9.17, 15) is 9.18 Å². The molecule has 1 amide bonds. The lowest BCUT2D eigenvalue weighted by atomic mass is 10.3. The second-order valence-electron chi connectivity index (χ2n) is 4.52. The molecule has 2 aromatic carbocycles. The van der Waals surface area contributed by atoms with Gasteiger partial charge in [0.1, 0.15) is 17.1 Å². The Bertz CT molecular complexity index is 887. The molecule has 0 aliphatic carbocycles. The minimum atomic E-state index is -0.416. The molecular formula is C15H9BrClFN2O2S. The van der Waals surface area contributed by atoms with Gasteiger partial charge in [0.15, 0.2) is 11.7 Å². The van der Waals surface area contributed by atoms with E-state index < -0.39 is 5.82 Å². The topological polar surface area (TPSA) is 51.2 Å². The predicted octanol–water partition coefficient (Wildman–Crippen LogP) is 4.87. The van der Waals surface area contributed by atoms with Crippen molar-refractivity contribution in [2.24, 2.45) is 0 Å². The monoisotopic (exact) mass is 414 g/mol. The van der Waals surface area contributed by atoms with Crippen LogP contribution in [0.5, 0.6) is 5.75 Å². The highest BCUT2D eigenvalue weighted by atomic mass is 79.9. The Morgan fingerprint density at radius 1 is 1.39 bits per heavy atom. The van der Waals surface area contributed by atoms with Crippen LogP contribution in [0.4, 0.5) is 9.52 Å². The number of benzene rings is 2. The van der Waals surface area contributed by atoms with E-state index in [1.54, 1.807) is 30.3 Å². The van der Waals surface area contributed by atoms with E-state index in [2.05, 4.69) is 26.2 Å². The summed E-state index contributed by atoms with van der Waals surface area (Å²) in [6, 6.07) is 9.66. The number of carbonyl (C=O) groups excluding carboxylic acids is 1. The maximum atomic E-state index is 13.6. The smallest absolute Gasteiger partial charge is 0.264 e. The maximum absolute atomic E-state index is 13.6. The molecule has 118 valence electrons. The molecule has 1 aromatic heterocycles. The van der Waals surface area contributed by atoms with Crippen LogP contribution in [0.2, 0.25) is 5.02 Å². The number of carbonyl (C=O) groups is 1. The van der Waals surface area contributed by atoms with Gasteiger partial charge in [-0.3, -0.25) is 10.1 Å². The van der Waals surface area contributed by atoms with Crippen LogP contribution in [-0.2, 0) is 4.79 Å². The standard InChI is InChI=1S/C15H9BrClFN2O2S/c16-9-6-8(17)4-5-11(9)22-7-13(21)19-15-20-14-10(18)2-1-3-12(14)23-15/h1-6H,7H2,(H,19,20,21). The Hall–Kier alpha value is -1.70. The minimum absolute atomic E-state index is 0.196. The van der Waals surface area contributed by atoms with Gasteiger partial charge in [-0.25, -0.2) is 9.37 Å². The van der Waals surface area contributed by atoms with Crippen molar-refractivity contribution >= 4 is 60.1 Å². The molecule has 0 saturated carbocycles. The summed E-state index contributed by atoms with van der Waals surface area (Å²) in [6.07, 6.45) is 0. The average Bonchev–Trinajstić information content (AvgIpc) is 2.90. The first-order chi connectivity index (χ1) is 11.0. The summed E-state index contributed by atoms with van der Waals surface area (Å²) in [5, 5.41) is 3.48. The number of halogens is 3. The molecule has 0 atom stereocenters. The number of fused-ring (bicyclic) bond motifs is 1. The molecule has 0 aliphatic rings. The van der Waals surface area contributed by atoms with E-state index in [-0.39, 0.29) is 18.0 Å². The molecule has 1 N–H and O–H groups in total. The van der Waals surface area contributed by atoms with Gasteiger partial charge in [-0.1, -0.05) is 29.0 Å². The lowest BCUT2D eigenvalue weighted by Crippen LogP contribution is -2.20. The molecule has 23 heavy (non-hydrogen) atoms. The van der Waals surface area contributed by atoms with Crippen molar-refractivity contribution < 1.29 is 13.9 Å². The summed E-state index contributed by atoms with van der Waals surface area (Å²) in [4.78, 5) is 16.0. The van der Waals surface area contributed by atoms with Crippen molar-refractivity contribution in [3.8, 4) is 5.75 Å². The minimum Gasteiger partial charge on any atom is -0.483 e. The number of nitrogens with zero attached hydrogens (tertiary/aromatic N) is 1. The SMILES string of the molecule is O=C(COc1ccc(Cl)cc1Br)Nc1nc2c(F)cccc2s1. The highest BCUT2D eigenvalue weighted by Crippen LogP contribution is 2.29. The van der Waals surface area contributed by atoms with E-state index in [1.807, 2.05) is 0 Å². The predicted molar refractivity (Wildman–Crippen MR) is 92.9 cm³/mol. The third kappa shape index (κ3) is 3.80. The van der Waals surface area contributed by atoms with E-state index >= 15 is 0 Å². The Morgan fingerprint density at radius 2 is 2.22 bits per heavy atom. The first-order valence-corrected chi connectivity index (χ1v) is 8.44. The van der Waals surface area contributed by atoms with Crippen LogP contribution in [-0.4, -0.2) is 17.5 Å². The van der Waals surface area contributed by atoms with Gasteiger partial charge in [0.25, 0.3) is 5.91 Å². The number of aromatic nitrogens is 1. The first kappa shape index (κ1) is 16.2. The van der Waals surface area contributed by atoms with Gasteiger partial charge in [0.05, 0.1) is 9.17 Å². The fourth-order valence-electron chi connectivity index (χ4n) is 1.86. The van der Waals surface area contributed by atoms with Crippen molar-refractivity contribution in [1.29, 1.82) is 0 Å². The first-order valence-electron chi connectivity index (χ1n) is 6.45. The van der Waals surface area contributed by atoms with Crippen LogP contribution in [0, 0.1) is 5.82 Å². The van der Waals surface area contributed by atoms with Crippen LogP contribution in [0.3, 0.4) is 0 Å². The fraction of sp³-hybridized carbons (Fsp3) is 0.0667. The molecule has 4 nitrogen and oxygen atoms in total. The van der Waals surface area contributed by atoms with Crippen molar-refractivity contribution in [1.82, 2.24) is 4.98 Å². The van der Waals surface area contributed by atoms with Crippen LogP contribution in [0.1, 0.15) is 0 Å². The number of hydrogen-bond donors (Lipinski definition) is 1. The van der Waals surface area contributed by atoms with Gasteiger partial charge < -0.3 is 4.74 Å². The molecule has 0 spiro atoms. The van der Waals surface area contributed by atoms with Gasteiger partial charge in [-0.05, 0) is 46.3 Å². The second kappa shape index (κ2) is 6.82. The molecule has 0 aliphatic heterocycles. The average molecular weight is 416 g/mol. The molecule has 3 aromatic rings. The second-order valence-corrected chi connectivity index (χ2v) is 6.84. The summed E-state index contributed by atoms with van der Waals surface area (Å²) in [7, 11) is 0. The number of nitrogens with one attached hydrogen (secondary N) is 1. The Balaban J connectivity index is 1.65. The zero-order chi connectivity index (χ0) is 16.4.